The summed E-state index contributed by atoms with van der Waals surface area (Å²) in [5.41, 5.74) is 10.0. The first-order valence-corrected chi connectivity index (χ1v) is 9.03. The van der Waals surface area contributed by atoms with Crippen molar-refractivity contribution in [1.82, 2.24) is 24.4 Å². The predicted molar refractivity (Wildman–Crippen MR) is 103 cm³/mol. The summed E-state index contributed by atoms with van der Waals surface area (Å²) >= 11 is 0. The van der Waals surface area contributed by atoms with Crippen molar-refractivity contribution in [3.8, 4) is 0 Å². The molecule has 0 amide bonds. The van der Waals surface area contributed by atoms with Gasteiger partial charge in [-0.1, -0.05) is 13.0 Å². The Hall–Kier alpha value is -3.29. The summed E-state index contributed by atoms with van der Waals surface area (Å²) in [5, 5.41) is 16.8. The van der Waals surface area contributed by atoms with Gasteiger partial charge in [0.05, 0.1) is 17.6 Å². The molecular formula is C19H22N8. The second-order valence-electron chi connectivity index (χ2n) is 6.92. The zero-order valence-corrected chi connectivity index (χ0v) is 15.2. The lowest BCUT2D eigenvalue weighted by Gasteiger charge is -2.18. The average molecular weight is 362 g/mol. The molecule has 8 nitrogen and oxygen atoms in total. The molecule has 0 aliphatic heterocycles. The molecule has 0 fully saturated rings. The molecule has 1 atom stereocenters. The maximum Gasteiger partial charge on any atom is 0.155 e. The van der Waals surface area contributed by atoms with Crippen molar-refractivity contribution in [3.63, 3.8) is 0 Å². The van der Waals surface area contributed by atoms with E-state index < -0.39 is 0 Å². The molecule has 1 unspecified atom stereocenters. The smallest absolute Gasteiger partial charge is 0.155 e. The Bertz CT molecular complexity index is 1090. The summed E-state index contributed by atoms with van der Waals surface area (Å²) in [6, 6.07) is 7.33. The number of nitrogens with two attached hydrogens (primary N) is 1. The van der Waals surface area contributed by atoms with Crippen LogP contribution in [0.1, 0.15) is 31.9 Å². The van der Waals surface area contributed by atoms with Crippen molar-refractivity contribution in [1.29, 1.82) is 5.41 Å². The van der Waals surface area contributed by atoms with E-state index in [4.69, 9.17) is 11.1 Å². The Balaban J connectivity index is 1.57. The predicted octanol–water partition coefficient (Wildman–Crippen LogP) is 2.30. The minimum absolute atomic E-state index is 0.256. The van der Waals surface area contributed by atoms with Gasteiger partial charge in [-0.05, 0) is 55.0 Å². The zero-order chi connectivity index (χ0) is 18.8. The van der Waals surface area contributed by atoms with E-state index in [1.165, 1.54) is 18.3 Å². The molecule has 27 heavy (non-hydrogen) atoms. The van der Waals surface area contributed by atoms with Gasteiger partial charge in [-0.3, -0.25) is 5.41 Å². The average Bonchev–Trinajstić information content (AvgIpc) is 3.12. The van der Waals surface area contributed by atoms with Gasteiger partial charge in [-0.15, -0.1) is 0 Å². The largest absolute Gasteiger partial charge is 0.386 e. The highest BCUT2D eigenvalue weighted by Gasteiger charge is 2.13. The summed E-state index contributed by atoms with van der Waals surface area (Å²) in [6.07, 6.45) is 8.78. The molecular weight excluding hydrogens is 340 g/mol. The highest BCUT2D eigenvalue weighted by atomic mass is 15.3. The van der Waals surface area contributed by atoms with E-state index in [-0.39, 0.29) is 6.54 Å². The highest BCUT2D eigenvalue weighted by molar-refractivity contribution is 5.82. The molecule has 0 aromatic carbocycles. The van der Waals surface area contributed by atoms with Gasteiger partial charge in [0.1, 0.15) is 24.2 Å². The third kappa shape index (κ3) is 3.79. The fourth-order valence-electron chi connectivity index (χ4n) is 3.18. The molecule has 0 saturated carbocycles. The number of aromatic nitrogens is 5. The number of nitrogens with zero attached hydrogens (tertiary/aromatic N) is 6. The van der Waals surface area contributed by atoms with Crippen molar-refractivity contribution < 1.29 is 0 Å². The van der Waals surface area contributed by atoms with Crippen molar-refractivity contribution in [3.05, 3.63) is 54.0 Å². The molecule has 0 saturated heterocycles. The lowest BCUT2D eigenvalue weighted by Crippen LogP contribution is -2.30. The number of fused-ring (bicyclic) bond motifs is 1. The molecule has 0 radical (unpaired) electrons. The number of pyridine rings is 1. The van der Waals surface area contributed by atoms with Crippen LogP contribution in [0.15, 0.2) is 47.9 Å². The Morgan fingerprint density at radius 2 is 2.22 bits per heavy atom. The van der Waals surface area contributed by atoms with Crippen molar-refractivity contribution in [2.75, 3.05) is 0 Å². The lowest BCUT2D eigenvalue weighted by atomic mass is 9.90. The number of allylic oxidation sites excluding steroid dienone is 2. The van der Waals surface area contributed by atoms with Crippen LogP contribution in [0, 0.1) is 11.3 Å². The molecule has 4 rings (SSSR count). The highest BCUT2D eigenvalue weighted by Crippen LogP contribution is 2.28. The first-order valence-electron chi connectivity index (χ1n) is 9.03. The van der Waals surface area contributed by atoms with Gasteiger partial charge in [-0.25, -0.2) is 19.2 Å². The van der Waals surface area contributed by atoms with Gasteiger partial charge >= 0.3 is 0 Å². The van der Waals surface area contributed by atoms with Crippen LogP contribution >= 0.6 is 0 Å². The van der Waals surface area contributed by atoms with Gasteiger partial charge in [0.2, 0.25) is 0 Å². The Morgan fingerprint density at radius 3 is 3.04 bits per heavy atom. The van der Waals surface area contributed by atoms with Crippen molar-refractivity contribution >= 4 is 22.7 Å². The van der Waals surface area contributed by atoms with Crippen molar-refractivity contribution in [2.24, 2.45) is 16.6 Å². The molecule has 1 aliphatic carbocycles. The molecule has 0 bridgehead atoms. The van der Waals surface area contributed by atoms with E-state index in [0.29, 0.717) is 17.0 Å². The van der Waals surface area contributed by atoms with Crippen LogP contribution in [-0.2, 0) is 6.54 Å². The minimum atomic E-state index is 0.256. The molecule has 1 aliphatic rings. The monoisotopic (exact) mass is 362 g/mol. The molecule has 8 heteroatoms. The third-order valence-corrected chi connectivity index (χ3v) is 4.75. The third-order valence-electron chi connectivity index (χ3n) is 4.75. The van der Waals surface area contributed by atoms with Crippen LogP contribution < -0.4 is 11.2 Å². The topological polar surface area (TPSA) is 110 Å². The number of rotatable bonds is 4. The molecule has 3 heterocycles. The summed E-state index contributed by atoms with van der Waals surface area (Å²) < 4.78 is 3.23. The minimum Gasteiger partial charge on any atom is -0.386 e. The fraction of sp³-hybridized carbons (Fsp3) is 0.316. The number of hydrogen-bond donors (Lipinski definition) is 2. The van der Waals surface area contributed by atoms with Crippen LogP contribution in [0.5, 0.6) is 0 Å². The summed E-state index contributed by atoms with van der Waals surface area (Å²) in [7, 11) is 0. The van der Waals surface area contributed by atoms with Crippen LogP contribution in [0.2, 0.25) is 0 Å². The van der Waals surface area contributed by atoms with Gasteiger partial charge in [-0.2, -0.15) is 10.2 Å². The quantitative estimate of drug-likeness (QED) is 0.548. The van der Waals surface area contributed by atoms with Gasteiger partial charge in [0.15, 0.2) is 5.65 Å². The SMILES string of the molecule is CC1CC=C(c2ccc(=N)n(CC(N)=Nc3ccc4ncnn4c3)n2)CC1. The Kier molecular flexibility index (Phi) is 4.53. The van der Waals surface area contributed by atoms with Crippen molar-refractivity contribution in [2.45, 2.75) is 32.7 Å². The standard InChI is InChI=1S/C19H22N8/c1-13-2-4-14(5-3-13)16-7-8-18(21)26(25-16)11-17(20)24-15-6-9-19-22-12-23-27(19)10-15/h4,6-10,12-13,21H,2-3,5,11H2,1H3,(H2,20,24). The summed E-state index contributed by atoms with van der Waals surface area (Å²) in [6.45, 7) is 2.52. The first kappa shape index (κ1) is 17.1. The van der Waals surface area contributed by atoms with Crippen LogP contribution in [0.25, 0.3) is 11.2 Å². The lowest BCUT2D eigenvalue weighted by molar-refractivity contribution is 0.531. The van der Waals surface area contributed by atoms with E-state index >= 15 is 0 Å². The zero-order valence-electron chi connectivity index (χ0n) is 15.2. The maximum atomic E-state index is 8.12. The van der Waals surface area contributed by atoms with Crippen LogP contribution in [0.4, 0.5) is 5.69 Å². The van der Waals surface area contributed by atoms with Crippen LogP contribution in [-0.4, -0.2) is 30.2 Å². The molecule has 3 aromatic rings. The van der Waals surface area contributed by atoms with Crippen LogP contribution in [0.3, 0.4) is 0 Å². The van der Waals surface area contributed by atoms with E-state index in [1.54, 1.807) is 21.5 Å². The van der Waals surface area contributed by atoms with Gasteiger partial charge in [0.25, 0.3) is 0 Å². The molecule has 3 aromatic heterocycles. The van der Waals surface area contributed by atoms with E-state index in [0.717, 1.165) is 30.1 Å². The van der Waals surface area contributed by atoms with E-state index in [1.807, 2.05) is 18.2 Å². The Labute approximate surface area is 156 Å². The number of hydrogen-bond acceptors (Lipinski definition) is 5. The molecule has 0 spiro atoms. The molecule has 3 N–H and O–H groups in total. The summed E-state index contributed by atoms with van der Waals surface area (Å²) in [4.78, 5) is 8.53. The van der Waals surface area contributed by atoms with E-state index in [2.05, 4.69) is 33.2 Å². The molecule has 138 valence electrons. The van der Waals surface area contributed by atoms with E-state index in [9.17, 15) is 0 Å². The normalized spacial score (nSPS) is 17.9. The second-order valence-corrected chi connectivity index (χ2v) is 6.92. The van der Waals surface area contributed by atoms with Gasteiger partial charge in [0, 0.05) is 0 Å². The summed E-state index contributed by atoms with van der Waals surface area (Å²) in [5.74, 6) is 1.10. The Morgan fingerprint density at radius 1 is 1.33 bits per heavy atom. The maximum absolute atomic E-state index is 8.12. The fourth-order valence-corrected chi connectivity index (χ4v) is 3.18. The number of nitrogens with one attached hydrogen (secondary N) is 1. The second kappa shape index (κ2) is 7.14. The number of aliphatic imine (C=N–C) groups is 1. The van der Waals surface area contributed by atoms with Gasteiger partial charge < -0.3 is 5.73 Å². The number of amidine groups is 1. The first-order chi connectivity index (χ1) is 13.1.